The Morgan fingerprint density at radius 3 is 0.400 bits per heavy atom. The Balaban J connectivity index is 0. The van der Waals surface area contributed by atoms with Crippen LogP contribution in [0.3, 0.4) is 0 Å². The van der Waals surface area contributed by atoms with E-state index in [2.05, 4.69) is 0 Å². The van der Waals surface area contributed by atoms with Gasteiger partial charge in [0.25, 0.3) is 0 Å². The van der Waals surface area contributed by atoms with Crippen molar-refractivity contribution in [1.29, 1.82) is 0 Å². The third-order valence-corrected chi connectivity index (χ3v) is 0. The molecule has 0 aromatic rings. The Morgan fingerprint density at radius 1 is 0.400 bits per heavy atom. The average molecular weight is 568 g/mol. The van der Waals surface area contributed by atoms with Gasteiger partial charge in [-0.25, -0.2) is 0 Å². The minimum Gasteiger partial charge on any atom is 0 e. The molecule has 0 rings (SSSR count). The van der Waals surface area contributed by atoms with Gasteiger partial charge in [-0.3, -0.25) is 0 Å². The predicted molar refractivity (Wildman–Crippen MR) is 23.0 cm³/mol. The maximum atomic E-state index is 0. The van der Waals surface area contributed by atoms with E-state index in [0.717, 1.165) is 0 Å². The van der Waals surface area contributed by atoms with Gasteiger partial charge in [-0.1, -0.05) is 0 Å². The van der Waals surface area contributed by atoms with E-state index >= 15 is 0 Å². The number of hydrogen-bond acceptors (Lipinski definition) is 0. The zero-order valence-corrected chi connectivity index (χ0v) is 16.1. The summed E-state index contributed by atoms with van der Waals surface area (Å²) >= 11 is 0. The second-order valence-corrected chi connectivity index (χ2v) is 0. The van der Waals surface area contributed by atoms with Crippen LogP contribution in [0.5, 0.6) is 0 Å². The Kier molecular flexibility index (Phi) is 179. The maximum absolute atomic E-state index is 0. The summed E-state index contributed by atoms with van der Waals surface area (Å²) in [4.78, 5) is 0. The van der Waals surface area contributed by atoms with Crippen molar-refractivity contribution in [3.8, 4) is 0 Å². The molecule has 0 fully saturated rings. The molecular formula is NbSn4. The topological polar surface area (TPSA) is 0 Å². The van der Waals surface area contributed by atoms with Crippen molar-refractivity contribution in [2.24, 2.45) is 0 Å². The van der Waals surface area contributed by atoms with Crippen LogP contribution in [0.4, 0.5) is 0 Å². The van der Waals surface area contributed by atoms with Gasteiger partial charge >= 0.3 is 0 Å². The molecule has 0 aliphatic carbocycles. The van der Waals surface area contributed by atoms with Gasteiger partial charge in [0.1, 0.15) is 0 Å². The summed E-state index contributed by atoms with van der Waals surface area (Å²) in [5, 5.41) is 0. The normalized spacial score (nSPS) is 0. The summed E-state index contributed by atoms with van der Waals surface area (Å²) in [6.45, 7) is 0. The molecule has 0 aliphatic rings. The standard InChI is InChI=1S/Nb.4Sn. The number of rotatable bonds is 0. The van der Waals surface area contributed by atoms with E-state index in [1.54, 1.807) is 0 Å². The fourth-order valence-corrected chi connectivity index (χ4v) is 0. The molecule has 0 nitrogen and oxygen atoms in total. The Hall–Kier alpha value is 3.94. The predicted octanol–water partition coefficient (Wildman–Crippen LogP) is -1.53. The van der Waals surface area contributed by atoms with Gasteiger partial charge in [-0.05, 0) is 0 Å². The molecule has 5 heavy (non-hydrogen) atoms. The van der Waals surface area contributed by atoms with E-state index in [4.69, 9.17) is 0 Å². The summed E-state index contributed by atoms with van der Waals surface area (Å²) < 4.78 is 0. The first-order valence-corrected chi connectivity index (χ1v) is 0. The van der Waals surface area contributed by atoms with Gasteiger partial charge in [0.15, 0.2) is 0 Å². The molecule has 0 aromatic heterocycles. The first kappa shape index (κ1) is 36.3. The molecule has 0 unspecified atom stereocenters. The fraction of sp³-hybridized carbons (Fsp3) is 0. The van der Waals surface area contributed by atoms with Gasteiger partial charge in [0, 0.05) is 118 Å². The first-order valence-electron chi connectivity index (χ1n) is 0. The molecule has 0 saturated carbocycles. The molecular weight excluding hydrogens is 568 g/mol. The van der Waals surface area contributed by atoms with Crippen LogP contribution in [0.1, 0.15) is 0 Å². The molecule has 5 heteroatoms. The quantitative estimate of drug-likeness (QED) is 0.312. The second kappa shape index (κ2) is 24.6. The molecule has 0 amide bonds. The minimum absolute atomic E-state index is 0. The van der Waals surface area contributed by atoms with Crippen LogP contribution in [-0.2, 0) is 22.4 Å². The van der Waals surface area contributed by atoms with Gasteiger partial charge < -0.3 is 0 Å². The van der Waals surface area contributed by atoms with Crippen molar-refractivity contribution in [2.75, 3.05) is 0 Å². The van der Waals surface area contributed by atoms with Crippen molar-refractivity contribution in [1.82, 2.24) is 0 Å². The van der Waals surface area contributed by atoms with Crippen LogP contribution >= 0.6 is 0 Å². The summed E-state index contributed by atoms with van der Waals surface area (Å²) in [7, 11) is 0. The molecule has 0 aromatic carbocycles. The van der Waals surface area contributed by atoms with Crippen LogP contribution in [0.2, 0.25) is 0 Å². The van der Waals surface area contributed by atoms with Gasteiger partial charge in [-0.2, -0.15) is 0 Å². The second-order valence-electron chi connectivity index (χ2n) is 0. The molecule has 21 valence electrons. The summed E-state index contributed by atoms with van der Waals surface area (Å²) in [6.07, 6.45) is 0. The van der Waals surface area contributed by atoms with E-state index in [-0.39, 0.29) is 118 Å². The Labute approximate surface area is 115 Å². The summed E-state index contributed by atoms with van der Waals surface area (Å²) in [5.74, 6) is 0. The minimum atomic E-state index is 0. The van der Waals surface area contributed by atoms with Crippen LogP contribution in [0, 0.1) is 0 Å². The average Bonchev–Trinajstić information content (AvgIpc) is 0. The zero-order chi connectivity index (χ0) is 0. The van der Waals surface area contributed by atoms with Crippen LogP contribution in [0.15, 0.2) is 0 Å². The van der Waals surface area contributed by atoms with Gasteiger partial charge in [0.2, 0.25) is 0 Å². The molecule has 0 atom stereocenters. The largest absolute Gasteiger partial charge is 0 e. The van der Waals surface area contributed by atoms with Crippen LogP contribution in [-0.4, -0.2) is 95.6 Å². The van der Waals surface area contributed by atoms with E-state index in [9.17, 15) is 0 Å². The maximum Gasteiger partial charge on any atom is 0 e. The van der Waals surface area contributed by atoms with Crippen molar-refractivity contribution in [3.05, 3.63) is 0 Å². The fourth-order valence-electron chi connectivity index (χ4n) is 0. The smallest absolute Gasteiger partial charge is 0 e. The summed E-state index contributed by atoms with van der Waals surface area (Å²) in [6, 6.07) is 0. The van der Waals surface area contributed by atoms with E-state index in [0.29, 0.717) is 0 Å². The zero-order valence-electron chi connectivity index (χ0n) is 2.45. The van der Waals surface area contributed by atoms with Crippen molar-refractivity contribution in [2.45, 2.75) is 0 Å². The van der Waals surface area contributed by atoms with E-state index in [1.807, 2.05) is 0 Å². The third-order valence-electron chi connectivity index (χ3n) is 0. The van der Waals surface area contributed by atoms with Crippen molar-refractivity contribution in [3.63, 3.8) is 0 Å². The molecule has 17 radical (unpaired) electrons. The number of hydrogen-bond donors (Lipinski definition) is 0. The Bertz CT molecular complexity index is 3.61. The third kappa shape index (κ3) is 18.1. The van der Waals surface area contributed by atoms with Crippen LogP contribution in [0.25, 0.3) is 0 Å². The van der Waals surface area contributed by atoms with Crippen molar-refractivity contribution >= 4 is 95.6 Å². The molecule has 0 bridgehead atoms. The molecule has 0 saturated heterocycles. The summed E-state index contributed by atoms with van der Waals surface area (Å²) in [5.41, 5.74) is 0. The monoisotopic (exact) mass is 573 g/mol. The Morgan fingerprint density at radius 2 is 0.400 bits per heavy atom. The van der Waals surface area contributed by atoms with E-state index < -0.39 is 0 Å². The SMILES string of the molecule is [Nb].[Sn].[Sn].[Sn].[Sn]. The van der Waals surface area contributed by atoms with E-state index in [1.165, 1.54) is 0 Å². The first-order chi connectivity index (χ1) is 0. The van der Waals surface area contributed by atoms with Crippen LogP contribution < -0.4 is 0 Å². The molecule has 0 N–H and O–H groups in total. The molecule has 0 heterocycles. The molecule has 0 aliphatic heterocycles. The van der Waals surface area contributed by atoms with Crippen molar-refractivity contribution < 1.29 is 22.4 Å². The molecule has 0 spiro atoms. The van der Waals surface area contributed by atoms with Gasteiger partial charge in [0.05, 0.1) is 0 Å². The van der Waals surface area contributed by atoms with Gasteiger partial charge in [-0.15, -0.1) is 0 Å².